The SMILES string of the molecule is c1ccc(-c2noc(-c3ccccn3)n2)nc1. The monoisotopic (exact) mass is 224 g/mol. The van der Waals surface area contributed by atoms with Crippen molar-refractivity contribution < 1.29 is 4.52 Å². The van der Waals surface area contributed by atoms with Crippen LogP contribution in [0.15, 0.2) is 53.3 Å². The summed E-state index contributed by atoms with van der Waals surface area (Å²) in [5, 5.41) is 3.87. The number of pyridine rings is 2. The Morgan fingerprint density at radius 3 is 2.18 bits per heavy atom. The van der Waals surface area contributed by atoms with Gasteiger partial charge in [-0.15, -0.1) is 0 Å². The first-order valence-electron chi connectivity index (χ1n) is 5.10. The van der Waals surface area contributed by atoms with Crippen molar-refractivity contribution >= 4 is 0 Å². The van der Waals surface area contributed by atoms with Crippen LogP contribution in [0.3, 0.4) is 0 Å². The van der Waals surface area contributed by atoms with E-state index in [-0.39, 0.29) is 0 Å². The molecule has 0 saturated heterocycles. The Morgan fingerprint density at radius 1 is 0.824 bits per heavy atom. The van der Waals surface area contributed by atoms with Crippen LogP contribution < -0.4 is 0 Å². The normalized spacial score (nSPS) is 10.4. The Bertz CT molecular complexity index is 553. The molecule has 3 aromatic rings. The van der Waals surface area contributed by atoms with Crippen molar-refractivity contribution in [3.63, 3.8) is 0 Å². The number of nitrogens with zero attached hydrogens (tertiary/aromatic N) is 4. The number of rotatable bonds is 2. The highest BCUT2D eigenvalue weighted by atomic mass is 16.5. The zero-order valence-corrected chi connectivity index (χ0v) is 8.82. The van der Waals surface area contributed by atoms with Crippen molar-refractivity contribution in [2.75, 3.05) is 0 Å². The van der Waals surface area contributed by atoms with Gasteiger partial charge in [0.25, 0.3) is 5.89 Å². The Balaban J connectivity index is 1.99. The second-order valence-electron chi connectivity index (χ2n) is 3.35. The average molecular weight is 224 g/mol. The quantitative estimate of drug-likeness (QED) is 0.667. The van der Waals surface area contributed by atoms with E-state index in [4.69, 9.17) is 4.52 Å². The van der Waals surface area contributed by atoms with Crippen LogP contribution in [0.5, 0.6) is 0 Å². The van der Waals surface area contributed by atoms with Crippen molar-refractivity contribution in [3.05, 3.63) is 48.8 Å². The predicted octanol–water partition coefficient (Wildman–Crippen LogP) is 2.19. The average Bonchev–Trinajstić information content (AvgIpc) is 2.90. The summed E-state index contributed by atoms with van der Waals surface area (Å²) in [5.41, 5.74) is 1.33. The van der Waals surface area contributed by atoms with Gasteiger partial charge in [-0.25, -0.2) is 0 Å². The second kappa shape index (κ2) is 4.13. The maximum absolute atomic E-state index is 5.14. The lowest BCUT2D eigenvalue weighted by Gasteiger charge is -1.90. The molecule has 0 aliphatic rings. The van der Waals surface area contributed by atoms with E-state index in [1.54, 1.807) is 12.4 Å². The molecule has 0 atom stereocenters. The third-order valence-corrected chi connectivity index (χ3v) is 2.20. The summed E-state index contributed by atoms with van der Waals surface area (Å²) in [5.74, 6) is 0.859. The number of hydrogen-bond acceptors (Lipinski definition) is 5. The molecule has 0 amide bonds. The highest BCUT2D eigenvalue weighted by Crippen LogP contribution is 2.18. The second-order valence-corrected chi connectivity index (χ2v) is 3.35. The van der Waals surface area contributed by atoms with Crippen LogP contribution in [0.2, 0.25) is 0 Å². The first-order valence-corrected chi connectivity index (χ1v) is 5.10. The molecular weight excluding hydrogens is 216 g/mol. The van der Waals surface area contributed by atoms with E-state index in [1.165, 1.54) is 0 Å². The van der Waals surface area contributed by atoms with Crippen molar-refractivity contribution in [1.82, 2.24) is 20.1 Å². The summed E-state index contributed by atoms with van der Waals surface area (Å²) in [6.45, 7) is 0. The molecule has 0 aromatic carbocycles. The minimum absolute atomic E-state index is 0.395. The first kappa shape index (κ1) is 9.65. The third kappa shape index (κ3) is 1.90. The van der Waals surface area contributed by atoms with Gasteiger partial charge in [-0.05, 0) is 24.3 Å². The maximum atomic E-state index is 5.14. The van der Waals surface area contributed by atoms with Gasteiger partial charge in [-0.2, -0.15) is 4.98 Å². The van der Waals surface area contributed by atoms with Crippen LogP contribution in [0.25, 0.3) is 23.1 Å². The summed E-state index contributed by atoms with van der Waals surface area (Å²) >= 11 is 0. The Labute approximate surface area is 97.2 Å². The molecule has 0 saturated carbocycles. The van der Waals surface area contributed by atoms with E-state index >= 15 is 0 Å². The van der Waals surface area contributed by atoms with Gasteiger partial charge in [-0.3, -0.25) is 9.97 Å². The first-order chi connectivity index (χ1) is 8.43. The summed E-state index contributed by atoms with van der Waals surface area (Å²) in [4.78, 5) is 12.5. The van der Waals surface area contributed by atoms with E-state index < -0.39 is 0 Å². The lowest BCUT2D eigenvalue weighted by atomic mass is 10.3. The minimum atomic E-state index is 0.395. The molecule has 3 rings (SSSR count). The van der Waals surface area contributed by atoms with Gasteiger partial charge in [0.2, 0.25) is 5.82 Å². The topological polar surface area (TPSA) is 64.7 Å². The fraction of sp³-hybridized carbons (Fsp3) is 0. The molecule has 82 valence electrons. The Kier molecular flexibility index (Phi) is 2.34. The summed E-state index contributed by atoms with van der Waals surface area (Å²) < 4.78 is 5.14. The minimum Gasteiger partial charge on any atom is -0.332 e. The maximum Gasteiger partial charge on any atom is 0.276 e. The summed E-state index contributed by atoms with van der Waals surface area (Å²) in [6, 6.07) is 11.1. The number of hydrogen-bond donors (Lipinski definition) is 0. The number of aromatic nitrogens is 4. The highest BCUT2D eigenvalue weighted by molar-refractivity contribution is 5.53. The Morgan fingerprint density at radius 2 is 1.53 bits per heavy atom. The molecule has 0 fully saturated rings. The van der Waals surface area contributed by atoms with Crippen LogP contribution in [0.4, 0.5) is 0 Å². The zero-order valence-electron chi connectivity index (χ0n) is 8.82. The van der Waals surface area contributed by atoms with Crippen LogP contribution in [-0.2, 0) is 0 Å². The van der Waals surface area contributed by atoms with Gasteiger partial charge in [0.1, 0.15) is 11.4 Å². The largest absolute Gasteiger partial charge is 0.332 e. The summed E-state index contributed by atoms with van der Waals surface area (Å²) in [7, 11) is 0. The zero-order chi connectivity index (χ0) is 11.5. The van der Waals surface area contributed by atoms with Crippen LogP contribution in [0, 0.1) is 0 Å². The van der Waals surface area contributed by atoms with E-state index in [9.17, 15) is 0 Å². The highest BCUT2D eigenvalue weighted by Gasteiger charge is 2.11. The fourth-order valence-electron chi connectivity index (χ4n) is 1.42. The van der Waals surface area contributed by atoms with Gasteiger partial charge in [-0.1, -0.05) is 17.3 Å². The van der Waals surface area contributed by atoms with Crippen molar-refractivity contribution in [1.29, 1.82) is 0 Å². The third-order valence-electron chi connectivity index (χ3n) is 2.20. The molecule has 3 heterocycles. The van der Waals surface area contributed by atoms with E-state index in [2.05, 4.69) is 20.1 Å². The standard InChI is InChI=1S/C12H8N4O/c1-3-7-13-9(5-1)11-15-12(17-16-11)10-6-2-4-8-14-10/h1-8H. The Hall–Kier alpha value is -2.56. The van der Waals surface area contributed by atoms with Gasteiger partial charge in [0.05, 0.1) is 0 Å². The molecule has 5 heteroatoms. The molecule has 0 aliphatic heterocycles. The molecule has 0 radical (unpaired) electrons. The molecule has 17 heavy (non-hydrogen) atoms. The molecule has 0 spiro atoms. The summed E-state index contributed by atoms with van der Waals surface area (Å²) in [6.07, 6.45) is 3.37. The van der Waals surface area contributed by atoms with Gasteiger partial charge >= 0.3 is 0 Å². The lowest BCUT2D eigenvalue weighted by molar-refractivity contribution is 0.431. The molecule has 0 unspecified atom stereocenters. The molecule has 0 bridgehead atoms. The predicted molar refractivity (Wildman–Crippen MR) is 60.8 cm³/mol. The van der Waals surface area contributed by atoms with Crippen LogP contribution in [0.1, 0.15) is 0 Å². The van der Waals surface area contributed by atoms with E-state index in [0.29, 0.717) is 23.1 Å². The molecular formula is C12H8N4O. The molecule has 0 aliphatic carbocycles. The lowest BCUT2D eigenvalue weighted by Crippen LogP contribution is -1.85. The van der Waals surface area contributed by atoms with E-state index in [1.807, 2.05) is 36.4 Å². The van der Waals surface area contributed by atoms with Crippen LogP contribution >= 0.6 is 0 Å². The molecule has 5 nitrogen and oxygen atoms in total. The van der Waals surface area contributed by atoms with Crippen molar-refractivity contribution in [2.45, 2.75) is 0 Å². The fourth-order valence-corrected chi connectivity index (χ4v) is 1.42. The van der Waals surface area contributed by atoms with Crippen molar-refractivity contribution in [3.8, 4) is 23.1 Å². The van der Waals surface area contributed by atoms with Crippen molar-refractivity contribution in [2.24, 2.45) is 0 Å². The van der Waals surface area contributed by atoms with E-state index in [0.717, 1.165) is 0 Å². The molecule has 0 N–H and O–H groups in total. The van der Waals surface area contributed by atoms with Crippen LogP contribution in [-0.4, -0.2) is 20.1 Å². The van der Waals surface area contributed by atoms with Gasteiger partial charge in [0.15, 0.2) is 0 Å². The molecule has 3 aromatic heterocycles. The smallest absolute Gasteiger partial charge is 0.276 e. The van der Waals surface area contributed by atoms with Gasteiger partial charge in [0, 0.05) is 12.4 Å². The van der Waals surface area contributed by atoms with Gasteiger partial charge < -0.3 is 4.52 Å².